The lowest BCUT2D eigenvalue weighted by Crippen LogP contribution is -2.07. The molecule has 0 amide bonds. The third-order valence-electron chi connectivity index (χ3n) is 1.62. The van der Waals surface area contributed by atoms with Crippen LogP contribution in [0.1, 0.15) is 18.4 Å². The Kier molecular flexibility index (Phi) is 2.38. The van der Waals surface area contributed by atoms with E-state index in [0.29, 0.717) is 5.56 Å². The number of carbonyl (C=O) groups is 1. The van der Waals surface area contributed by atoms with Crippen molar-refractivity contribution in [2.24, 2.45) is 0 Å². The van der Waals surface area contributed by atoms with Crippen LogP contribution < -0.4 is 0 Å². The van der Waals surface area contributed by atoms with E-state index in [0.717, 1.165) is 6.07 Å². The number of pyridine rings is 1. The molecular formula is C8H8FNO2. The quantitative estimate of drug-likeness (QED) is 0.681. The minimum Gasteiger partial charge on any atom is -0.481 e. The Balaban J connectivity index is 2.95. The van der Waals surface area contributed by atoms with Gasteiger partial charge in [-0.15, -0.1) is 0 Å². The highest BCUT2D eigenvalue weighted by Crippen LogP contribution is 2.14. The molecule has 0 radical (unpaired) electrons. The molecule has 0 saturated heterocycles. The van der Waals surface area contributed by atoms with E-state index in [4.69, 9.17) is 5.11 Å². The fourth-order valence-electron chi connectivity index (χ4n) is 0.829. The number of hydrogen-bond acceptors (Lipinski definition) is 2. The van der Waals surface area contributed by atoms with Gasteiger partial charge in [-0.3, -0.25) is 4.79 Å². The first kappa shape index (κ1) is 8.64. The average Bonchev–Trinajstić information content (AvgIpc) is 2.03. The molecule has 3 nitrogen and oxygen atoms in total. The minimum atomic E-state index is -0.972. The first-order valence-electron chi connectivity index (χ1n) is 3.45. The van der Waals surface area contributed by atoms with Crippen LogP contribution in [0.2, 0.25) is 0 Å². The van der Waals surface area contributed by atoms with Crippen molar-refractivity contribution in [3.05, 3.63) is 29.8 Å². The van der Waals surface area contributed by atoms with E-state index in [1.807, 2.05) is 0 Å². The summed E-state index contributed by atoms with van der Waals surface area (Å²) in [6, 6.07) is 2.61. The highest BCUT2D eigenvalue weighted by Gasteiger charge is 2.13. The molecule has 0 spiro atoms. The second kappa shape index (κ2) is 3.30. The van der Waals surface area contributed by atoms with E-state index in [9.17, 15) is 9.18 Å². The normalized spacial score (nSPS) is 12.5. The summed E-state index contributed by atoms with van der Waals surface area (Å²) in [6.45, 7) is 1.50. The van der Waals surface area contributed by atoms with Gasteiger partial charge in [-0.25, -0.2) is 4.98 Å². The van der Waals surface area contributed by atoms with Crippen molar-refractivity contribution < 1.29 is 14.3 Å². The summed E-state index contributed by atoms with van der Waals surface area (Å²) in [5, 5.41) is 8.58. The summed E-state index contributed by atoms with van der Waals surface area (Å²) in [7, 11) is 0. The molecule has 0 fully saturated rings. The Morgan fingerprint density at radius 1 is 1.75 bits per heavy atom. The maximum absolute atomic E-state index is 12.5. The third kappa shape index (κ3) is 1.78. The Labute approximate surface area is 68.9 Å². The molecule has 0 aliphatic rings. The van der Waals surface area contributed by atoms with Gasteiger partial charge >= 0.3 is 5.97 Å². The van der Waals surface area contributed by atoms with Crippen molar-refractivity contribution in [3.63, 3.8) is 0 Å². The van der Waals surface area contributed by atoms with Crippen molar-refractivity contribution >= 4 is 5.97 Å². The van der Waals surface area contributed by atoms with Crippen LogP contribution in [0.15, 0.2) is 18.3 Å². The summed E-state index contributed by atoms with van der Waals surface area (Å²) in [6.07, 6.45) is 1.25. The van der Waals surface area contributed by atoms with Gasteiger partial charge in [0, 0.05) is 6.20 Å². The Hall–Kier alpha value is -1.45. The van der Waals surface area contributed by atoms with Gasteiger partial charge < -0.3 is 5.11 Å². The van der Waals surface area contributed by atoms with Crippen LogP contribution in [0.4, 0.5) is 4.39 Å². The Morgan fingerprint density at radius 3 is 2.92 bits per heavy atom. The largest absolute Gasteiger partial charge is 0.481 e. The zero-order valence-corrected chi connectivity index (χ0v) is 6.49. The molecule has 0 aliphatic heterocycles. The van der Waals surface area contributed by atoms with Crippen LogP contribution in [0.3, 0.4) is 0 Å². The number of nitrogens with zero attached hydrogens (tertiary/aromatic N) is 1. The molecule has 0 saturated carbocycles. The molecule has 1 aromatic heterocycles. The first-order valence-corrected chi connectivity index (χ1v) is 3.45. The highest BCUT2D eigenvalue weighted by molar-refractivity contribution is 5.75. The highest BCUT2D eigenvalue weighted by atomic mass is 19.1. The van der Waals surface area contributed by atoms with Crippen molar-refractivity contribution in [1.82, 2.24) is 4.98 Å². The fraction of sp³-hybridized carbons (Fsp3) is 0.250. The number of rotatable bonds is 2. The van der Waals surface area contributed by atoms with Crippen molar-refractivity contribution in [1.29, 1.82) is 0 Å². The van der Waals surface area contributed by atoms with Crippen molar-refractivity contribution in [2.45, 2.75) is 12.8 Å². The lowest BCUT2D eigenvalue weighted by Gasteiger charge is -2.04. The first-order chi connectivity index (χ1) is 5.61. The van der Waals surface area contributed by atoms with Crippen LogP contribution in [-0.2, 0) is 4.79 Å². The number of hydrogen-bond donors (Lipinski definition) is 1. The molecular weight excluding hydrogens is 161 g/mol. The average molecular weight is 169 g/mol. The Morgan fingerprint density at radius 2 is 2.42 bits per heavy atom. The second-order valence-electron chi connectivity index (χ2n) is 2.47. The fourth-order valence-corrected chi connectivity index (χ4v) is 0.829. The van der Waals surface area contributed by atoms with E-state index in [-0.39, 0.29) is 0 Å². The van der Waals surface area contributed by atoms with Crippen molar-refractivity contribution in [2.75, 3.05) is 0 Å². The predicted molar refractivity (Wildman–Crippen MR) is 40.2 cm³/mol. The number of carboxylic acids is 1. The summed E-state index contributed by atoms with van der Waals surface area (Å²) >= 11 is 0. The lowest BCUT2D eigenvalue weighted by molar-refractivity contribution is -0.138. The maximum Gasteiger partial charge on any atom is 0.310 e. The summed E-state index contributed by atoms with van der Waals surface area (Å²) in [4.78, 5) is 13.8. The van der Waals surface area contributed by atoms with E-state index in [1.54, 1.807) is 0 Å². The number of carboxylic acid groups (broad SMARTS) is 1. The topological polar surface area (TPSA) is 50.2 Å². The molecule has 1 atom stereocenters. The van der Waals surface area contributed by atoms with Gasteiger partial charge in [0.2, 0.25) is 5.95 Å². The molecule has 1 heterocycles. The van der Waals surface area contributed by atoms with Gasteiger partial charge in [-0.1, -0.05) is 0 Å². The SMILES string of the molecule is CC(C(=O)O)c1ccnc(F)c1. The molecule has 64 valence electrons. The molecule has 0 aromatic carbocycles. The van der Waals surface area contributed by atoms with Gasteiger partial charge in [0.1, 0.15) is 0 Å². The molecule has 1 N–H and O–H groups in total. The van der Waals surface area contributed by atoms with Gasteiger partial charge in [-0.2, -0.15) is 4.39 Å². The molecule has 0 aliphatic carbocycles. The van der Waals surface area contributed by atoms with Crippen LogP contribution >= 0.6 is 0 Å². The monoisotopic (exact) mass is 169 g/mol. The Bertz CT molecular complexity index is 301. The van der Waals surface area contributed by atoms with E-state index < -0.39 is 17.8 Å². The van der Waals surface area contributed by atoms with Gasteiger partial charge in [-0.05, 0) is 24.6 Å². The van der Waals surface area contributed by atoms with Crippen LogP contribution in [0.5, 0.6) is 0 Å². The third-order valence-corrected chi connectivity index (χ3v) is 1.62. The second-order valence-corrected chi connectivity index (χ2v) is 2.47. The molecule has 12 heavy (non-hydrogen) atoms. The molecule has 1 unspecified atom stereocenters. The predicted octanol–water partition coefficient (Wildman–Crippen LogP) is 1.41. The standard InChI is InChI=1S/C8H8FNO2/c1-5(8(11)12)6-2-3-10-7(9)4-6/h2-5H,1H3,(H,11,12). The zero-order chi connectivity index (χ0) is 9.14. The summed E-state index contributed by atoms with van der Waals surface area (Å²) in [5.74, 6) is -2.32. The van der Waals surface area contributed by atoms with E-state index >= 15 is 0 Å². The molecule has 4 heteroatoms. The van der Waals surface area contributed by atoms with Crippen molar-refractivity contribution in [3.8, 4) is 0 Å². The van der Waals surface area contributed by atoms with E-state index in [1.165, 1.54) is 19.2 Å². The van der Waals surface area contributed by atoms with E-state index in [2.05, 4.69) is 4.98 Å². The van der Waals surface area contributed by atoms with Gasteiger partial charge in [0.25, 0.3) is 0 Å². The molecule has 1 rings (SSSR count). The smallest absolute Gasteiger partial charge is 0.310 e. The maximum atomic E-state index is 12.5. The van der Waals surface area contributed by atoms with Crippen LogP contribution in [-0.4, -0.2) is 16.1 Å². The number of aromatic nitrogens is 1. The van der Waals surface area contributed by atoms with Gasteiger partial charge in [0.05, 0.1) is 5.92 Å². The number of halogens is 1. The van der Waals surface area contributed by atoms with Crippen LogP contribution in [0.25, 0.3) is 0 Å². The zero-order valence-electron chi connectivity index (χ0n) is 6.49. The molecule has 1 aromatic rings. The van der Waals surface area contributed by atoms with Gasteiger partial charge in [0.15, 0.2) is 0 Å². The molecule has 0 bridgehead atoms. The minimum absolute atomic E-state index is 0.426. The lowest BCUT2D eigenvalue weighted by atomic mass is 10.0. The number of aliphatic carboxylic acids is 1. The summed E-state index contributed by atoms with van der Waals surface area (Å²) in [5.41, 5.74) is 0.426. The summed E-state index contributed by atoms with van der Waals surface area (Å²) < 4.78 is 12.5. The van der Waals surface area contributed by atoms with Crippen LogP contribution in [0, 0.1) is 5.95 Å².